The lowest BCUT2D eigenvalue weighted by atomic mass is 10.1. The SMILES string of the molecule is COc1ccc(N2CCN(c3ccnc(C(=O)NCCC(C)C)c3)CC2)cc1. The molecule has 28 heavy (non-hydrogen) atoms. The van der Waals surface area contributed by atoms with E-state index in [0.29, 0.717) is 18.2 Å². The Balaban J connectivity index is 1.57. The molecule has 0 bridgehead atoms. The highest BCUT2D eigenvalue weighted by Crippen LogP contribution is 2.23. The molecular weight excluding hydrogens is 352 g/mol. The van der Waals surface area contributed by atoms with Gasteiger partial charge in [-0.3, -0.25) is 9.78 Å². The number of hydrogen-bond donors (Lipinski definition) is 1. The van der Waals surface area contributed by atoms with Gasteiger partial charge in [0.1, 0.15) is 11.4 Å². The number of anilines is 2. The third kappa shape index (κ3) is 5.15. The molecule has 0 aliphatic carbocycles. The number of nitrogens with one attached hydrogen (secondary N) is 1. The Bertz CT molecular complexity index is 768. The topological polar surface area (TPSA) is 57.7 Å². The summed E-state index contributed by atoms with van der Waals surface area (Å²) < 4.78 is 5.23. The van der Waals surface area contributed by atoms with Gasteiger partial charge in [0.25, 0.3) is 5.91 Å². The molecule has 2 heterocycles. The molecule has 1 aromatic heterocycles. The van der Waals surface area contributed by atoms with Crippen LogP contribution in [0.25, 0.3) is 0 Å². The van der Waals surface area contributed by atoms with Gasteiger partial charge in [0.15, 0.2) is 0 Å². The first kappa shape index (κ1) is 20.0. The van der Waals surface area contributed by atoms with Crippen LogP contribution in [0.4, 0.5) is 11.4 Å². The number of rotatable bonds is 7. The second-order valence-electron chi connectivity index (χ2n) is 7.51. The number of carbonyl (C=O) groups is 1. The molecule has 1 amide bonds. The molecule has 0 radical (unpaired) electrons. The van der Waals surface area contributed by atoms with Crippen LogP contribution in [0.15, 0.2) is 42.6 Å². The summed E-state index contributed by atoms with van der Waals surface area (Å²) in [6, 6.07) is 12.1. The highest BCUT2D eigenvalue weighted by Gasteiger charge is 2.19. The van der Waals surface area contributed by atoms with Crippen LogP contribution in [0.1, 0.15) is 30.8 Å². The molecule has 1 N–H and O–H groups in total. The summed E-state index contributed by atoms with van der Waals surface area (Å²) in [6.45, 7) is 8.67. The van der Waals surface area contributed by atoms with E-state index in [-0.39, 0.29) is 5.91 Å². The number of methoxy groups -OCH3 is 1. The van der Waals surface area contributed by atoms with E-state index in [2.05, 4.69) is 46.1 Å². The molecule has 0 atom stereocenters. The predicted octanol–water partition coefficient (Wildman–Crippen LogP) is 3.19. The highest BCUT2D eigenvalue weighted by atomic mass is 16.5. The minimum atomic E-state index is -0.0978. The molecule has 6 heteroatoms. The Morgan fingerprint density at radius 3 is 2.32 bits per heavy atom. The van der Waals surface area contributed by atoms with Crippen molar-refractivity contribution in [3.63, 3.8) is 0 Å². The Hall–Kier alpha value is -2.76. The van der Waals surface area contributed by atoms with Gasteiger partial charge in [0.05, 0.1) is 7.11 Å². The summed E-state index contributed by atoms with van der Waals surface area (Å²) in [6.07, 6.45) is 2.70. The zero-order valence-corrected chi connectivity index (χ0v) is 17.0. The van der Waals surface area contributed by atoms with Gasteiger partial charge in [-0.2, -0.15) is 0 Å². The molecule has 0 spiro atoms. The van der Waals surface area contributed by atoms with Crippen LogP contribution in [0.5, 0.6) is 5.75 Å². The van der Waals surface area contributed by atoms with Crippen LogP contribution in [-0.2, 0) is 0 Å². The number of carbonyl (C=O) groups excluding carboxylic acids is 1. The molecule has 1 fully saturated rings. The second kappa shape index (κ2) is 9.44. The van der Waals surface area contributed by atoms with E-state index in [9.17, 15) is 4.79 Å². The second-order valence-corrected chi connectivity index (χ2v) is 7.51. The average Bonchev–Trinajstić information content (AvgIpc) is 2.74. The van der Waals surface area contributed by atoms with E-state index in [1.807, 2.05) is 24.3 Å². The molecule has 2 aromatic rings. The zero-order chi connectivity index (χ0) is 19.9. The first-order valence-electron chi connectivity index (χ1n) is 9.95. The van der Waals surface area contributed by atoms with E-state index >= 15 is 0 Å². The standard InChI is InChI=1S/C22H30N4O2/c1-17(2)8-10-24-22(27)21-16-19(9-11-23-21)26-14-12-25(13-15-26)18-4-6-20(28-3)7-5-18/h4-7,9,11,16-17H,8,10,12-15H2,1-3H3,(H,24,27). The number of hydrogen-bond acceptors (Lipinski definition) is 5. The van der Waals surface area contributed by atoms with Crippen molar-refractivity contribution in [2.75, 3.05) is 49.6 Å². The lowest BCUT2D eigenvalue weighted by Crippen LogP contribution is -2.46. The molecule has 150 valence electrons. The van der Waals surface area contributed by atoms with E-state index in [1.54, 1.807) is 13.3 Å². The average molecular weight is 383 g/mol. The fourth-order valence-electron chi connectivity index (χ4n) is 3.32. The van der Waals surface area contributed by atoms with E-state index < -0.39 is 0 Å². The number of nitrogens with zero attached hydrogens (tertiary/aromatic N) is 3. The highest BCUT2D eigenvalue weighted by molar-refractivity contribution is 5.93. The summed E-state index contributed by atoms with van der Waals surface area (Å²) >= 11 is 0. The van der Waals surface area contributed by atoms with Crippen molar-refractivity contribution >= 4 is 17.3 Å². The molecule has 1 aromatic carbocycles. The fourth-order valence-corrected chi connectivity index (χ4v) is 3.32. The van der Waals surface area contributed by atoms with Crippen molar-refractivity contribution in [2.24, 2.45) is 5.92 Å². The van der Waals surface area contributed by atoms with Crippen molar-refractivity contribution in [2.45, 2.75) is 20.3 Å². The van der Waals surface area contributed by atoms with Gasteiger partial charge in [0, 0.05) is 50.3 Å². The predicted molar refractivity (Wildman–Crippen MR) is 113 cm³/mol. The molecule has 0 saturated carbocycles. The lowest BCUT2D eigenvalue weighted by Gasteiger charge is -2.37. The number of benzene rings is 1. The van der Waals surface area contributed by atoms with Gasteiger partial charge < -0.3 is 19.9 Å². The summed E-state index contributed by atoms with van der Waals surface area (Å²) in [7, 11) is 1.68. The van der Waals surface area contributed by atoms with Crippen LogP contribution in [-0.4, -0.2) is 50.7 Å². The van der Waals surface area contributed by atoms with Gasteiger partial charge in [-0.05, 0) is 48.7 Å². The smallest absolute Gasteiger partial charge is 0.269 e. The van der Waals surface area contributed by atoms with Crippen molar-refractivity contribution < 1.29 is 9.53 Å². The monoisotopic (exact) mass is 382 g/mol. The van der Waals surface area contributed by atoms with E-state index in [0.717, 1.165) is 44.0 Å². The van der Waals surface area contributed by atoms with E-state index in [4.69, 9.17) is 4.74 Å². The van der Waals surface area contributed by atoms with Gasteiger partial charge in [-0.1, -0.05) is 13.8 Å². The fraction of sp³-hybridized carbons (Fsp3) is 0.455. The first-order valence-corrected chi connectivity index (χ1v) is 9.95. The number of pyridine rings is 1. The molecule has 1 aliphatic heterocycles. The molecule has 1 saturated heterocycles. The van der Waals surface area contributed by atoms with Crippen LogP contribution < -0.4 is 19.9 Å². The van der Waals surface area contributed by atoms with Crippen molar-refractivity contribution in [3.8, 4) is 5.75 Å². The molecular formula is C22H30N4O2. The third-order valence-corrected chi connectivity index (χ3v) is 5.07. The Labute approximate surface area is 167 Å². The van der Waals surface area contributed by atoms with Gasteiger partial charge in [-0.15, -0.1) is 0 Å². The zero-order valence-electron chi connectivity index (χ0n) is 17.0. The van der Waals surface area contributed by atoms with Crippen molar-refractivity contribution in [1.82, 2.24) is 10.3 Å². The number of aromatic nitrogens is 1. The molecule has 3 rings (SSSR count). The molecule has 6 nitrogen and oxygen atoms in total. The molecule has 1 aliphatic rings. The number of ether oxygens (including phenoxy) is 1. The number of piperazine rings is 1. The molecule has 0 unspecified atom stereocenters. The van der Waals surface area contributed by atoms with Crippen LogP contribution in [0.2, 0.25) is 0 Å². The van der Waals surface area contributed by atoms with Crippen LogP contribution in [0.3, 0.4) is 0 Å². The van der Waals surface area contributed by atoms with Gasteiger partial charge in [-0.25, -0.2) is 0 Å². The Morgan fingerprint density at radius 1 is 1.07 bits per heavy atom. The van der Waals surface area contributed by atoms with E-state index in [1.165, 1.54) is 5.69 Å². The maximum Gasteiger partial charge on any atom is 0.269 e. The maximum atomic E-state index is 12.3. The quantitative estimate of drug-likeness (QED) is 0.797. The van der Waals surface area contributed by atoms with Crippen LogP contribution >= 0.6 is 0 Å². The summed E-state index contributed by atoms with van der Waals surface area (Å²) in [5, 5.41) is 2.96. The number of amides is 1. The Morgan fingerprint density at radius 2 is 1.71 bits per heavy atom. The van der Waals surface area contributed by atoms with Crippen LogP contribution in [0, 0.1) is 5.92 Å². The summed E-state index contributed by atoms with van der Waals surface area (Å²) in [5.74, 6) is 1.35. The minimum absolute atomic E-state index is 0.0978. The Kier molecular flexibility index (Phi) is 6.74. The largest absolute Gasteiger partial charge is 0.497 e. The minimum Gasteiger partial charge on any atom is -0.497 e. The third-order valence-electron chi connectivity index (χ3n) is 5.07. The van der Waals surface area contributed by atoms with Gasteiger partial charge in [0.2, 0.25) is 0 Å². The first-order chi connectivity index (χ1) is 13.6. The summed E-state index contributed by atoms with van der Waals surface area (Å²) in [4.78, 5) is 21.3. The van der Waals surface area contributed by atoms with Crippen molar-refractivity contribution in [3.05, 3.63) is 48.3 Å². The normalized spacial score (nSPS) is 14.3. The van der Waals surface area contributed by atoms with Gasteiger partial charge >= 0.3 is 0 Å². The lowest BCUT2D eigenvalue weighted by molar-refractivity contribution is 0.0947. The summed E-state index contributed by atoms with van der Waals surface area (Å²) in [5.41, 5.74) is 2.75. The maximum absolute atomic E-state index is 12.3. The van der Waals surface area contributed by atoms with Crippen molar-refractivity contribution in [1.29, 1.82) is 0 Å².